The van der Waals surface area contributed by atoms with Crippen LogP contribution in [-0.2, 0) is 0 Å². The summed E-state index contributed by atoms with van der Waals surface area (Å²) in [4.78, 5) is 5.12. The van der Waals surface area contributed by atoms with E-state index in [1.54, 1.807) is 0 Å². The monoisotopic (exact) mass is 800 g/mol. The van der Waals surface area contributed by atoms with Crippen molar-refractivity contribution in [2.75, 3.05) is 12.1 Å². The molecule has 1 aromatic heterocycles. The predicted molar refractivity (Wildman–Crippen MR) is 261 cm³/mol. The minimum absolute atomic E-state index is 0.138. The summed E-state index contributed by atoms with van der Waals surface area (Å²) in [5, 5.41) is 12.6. The van der Waals surface area contributed by atoms with Crippen LogP contribution >= 0.6 is 0 Å². The summed E-state index contributed by atoms with van der Waals surface area (Å²) in [6, 6.07) is 66.6. The van der Waals surface area contributed by atoms with E-state index in [1.165, 1.54) is 72.2 Å². The highest BCUT2D eigenvalue weighted by atomic mass is 15.6. The molecule has 8 aromatic rings. The quantitative estimate of drug-likeness (QED) is 0.127. The van der Waals surface area contributed by atoms with E-state index in [0.29, 0.717) is 5.84 Å². The molecule has 4 heteroatoms. The number of rotatable bonds is 7. The first-order chi connectivity index (χ1) is 30.5. The van der Waals surface area contributed by atoms with Crippen molar-refractivity contribution >= 4 is 33.7 Å². The Labute approximate surface area is 364 Å². The second-order valence-electron chi connectivity index (χ2n) is 16.3. The lowest BCUT2D eigenvalue weighted by molar-refractivity contribution is 0.813. The summed E-state index contributed by atoms with van der Waals surface area (Å²) in [5.74, 6) is 1.04. The molecule has 0 spiro atoms. The predicted octanol–water partition coefficient (Wildman–Crippen LogP) is 14.1. The fourth-order valence-corrected chi connectivity index (χ4v) is 9.62. The van der Waals surface area contributed by atoms with Crippen LogP contribution < -0.4 is 5.01 Å². The number of fused-ring (bicyclic) bond motifs is 6. The number of amidine groups is 2. The lowest BCUT2D eigenvalue weighted by atomic mass is 9.76. The lowest BCUT2D eigenvalue weighted by Gasteiger charge is -2.31. The minimum atomic E-state index is 0.138. The Balaban J connectivity index is 1.21. The van der Waals surface area contributed by atoms with Crippen molar-refractivity contribution in [3.05, 3.63) is 250 Å². The van der Waals surface area contributed by atoms with Crippen LogP contribution in [0.25, 0.3) is 44.3 Å². The molecular weight excluding hydrogens is 753 g/mol. The highest BCUT2D eigenvalue weighted by Crippen LogP contribution is 2.50. The second kappa shape index (κ2) is 16.5. The van der Waals surface area contributed by atoms with Crippen LogP contribution in [0.4, 0.5) is 0 Å². The summed E-state index contributed by atoms with van der Waals surface area (Å²) in [6.07, 6.45) is 6.53. The van der Waals surface area contributed by atoms with Crippen LogP contribution in [0.1, 0.15) is 71.7 Å². The van der Waals surface area contributed by atoms with Gasteiger partial charge in [-0.1, -0.05) is 201 Å². The standard InChI is InChI=1S/C58H48N4/c1-39(44-28-21-29-45(38-44)41-22-7-4-8-23-41)46-30-13-15-32-48(46)54-40(2)47-31-14-18-35-51(47)56-55(50-34-17-16-33-49(50)54)52-36-19-20-37-53(52)62(56)61(3)58(43-26-11-6-12-27-43)60-57(59)42-24-9-5-10-25-42/h4-17,19-34,36-39,59H,18,35H2,1-3H3/b47-40?,54-40-,54-49?,55-50?,56-51?,59-57?,60-58?. The molecule has 0 amide bonds. The number of allylic oxidation sites excluding steroid dienone is 5. The topological polar surface area (TPSA) is 44.4 Å². The Hall–Kier alpha value is -7.56. The highest BCUT2D eigenvalue weighted by Gasteiger charge is 2.33. The van der Waals surface area contributed by atoms with Gasteiger partial charge in [-0.05, 0) is 87.1 Å². The Kier molecular flexibility index (Phi) is 10.3. The fraction of sp³-hybridized carbons (Fsp3) is 0.103. The van der Waals surface area contributed by atoms with E-state index in [9.17, 15) is 5.41 Å². The van der Waals surface area contributed by atoms with Crippen LogP contribution in [0.2, 0.25) is 0 Å². The number of nitrogens with one attached hydrogen (secondary N) is 1. The Morgan fingerprint density at radius 3 is 2.02 bits per heavy atom. The normalized spacial score (nSPS) is 15.3. The molecule has 1 unspecified atom stereocenters. The van der Waals surface area contributed by atoms with Crippen LogP contribution in [-0.4, -0.2) is 23.4 Å². The number of aliphatic imine (C=N–C) groups is 1. The van der Waals surface area contributed by atoms with Crippen molar-refractivity contribution in [2.24, 2.45) is 4.99 Å². The zero-order valence-electron chi connectivity index (χ0n) is 35.4. The molecule has 300 valence electrons. The first kappa shape index (κ1) is 38.6. The second-order valence-corrected chi connectivity index (χ2v) is 16.3. The SMILES string of the molecule is C/C1=C(\c2ccccc2C(C)c2cccc(-c3ccccc3)c2)c2ccccc2-c2c(n(N(C)C(=NC(=N)c3ccccc3)c3ccccc3)c3ccccc23)C2=C1C=CCC2. The van der Waals surface area contributed by atoms with Crippen molar-refractivity contribution in [2.45, 2.75) is 32.6 Å². The molecule has 2 aliphatic carbocycles. The maximum absolute atomic E-state index is 9.22. The molecule has 62 heavy (non-hydrogen) atoms. The number of para-hydroxylation sites is 1. The van der Waals surface area contributed by atoms with Gasteiger partial charge in [-0.15, -0.1) is 0 Å². The van der Waals surface area contributed by atoms with Crippen LogP contribution in [0.15, 0.2) is 216 Å². The van der Waals surface area contributed by atoms with Crippen molar-refractivity contribution < 1.29 is 0 Å². The van der Waals surface area contributed by atoms with Crippen molar-refractivity contribution in [1.82, 2.24) is 4.68 Å². The molecule has 1 atom stereocenters. The first-order valence-corrected chi connectivity index (χ1v) is 21.6. The zero-order valence-corrected chi connectivity index (χ0v) is 35.4. The van der Waals surface area contributed by atoms with Crippen molar-refractivity contribution in [3.63, 3.8) is 0 Å². The Morgan fingerprint density at radius 1 is 0.645 bits per heavy atom. The highest BCUT2D eigenvalue weighted by molar-refractivity contribution is 6.16. The summed E-state index contributed by atoms with van der Waals surface area (Å²) in [5.41, 5.74) is 18.9. The summed E-state index contributed by atoms with van der Waals surface area (Å²) >= 11 is 0. The molecule has 0 radical (unpaired) electrons. The molecule has 1 N–H and O–H groups in total. The molecule has 0 saturated heterocycles. The molecule has 0 aliphatic heterocycles. The number of hydrogen-bond acceptors (Lipinski definition) is 1. The number of benzene rings is 7. The molecule has 0 fully saturated rings. The van der Waals surface area contributed by atoms with Gasteiger partial charge in [0.1, 0.15) is 0 Å². The molecular formula is C58H48N4. The maximum atomic E-state index is 9.22. The average molecular weight is 801 g/mol. The van der Waals surface area contributed by atoms with E-state index in [1.807, 2.05) is 48.5 Å². The van der Waals surface area contributed by atoms with Crippen molar-refractivity contribution in [1.29, 1.82) is 5.41 Å². The molecule has 0 bridgehead atoms. The van der Waals surface area contributed by atoms with Gasteiger partial charge in [-0.3, -0.25) is 15.1 Å². The van der Waals surface area contributed by atoms with Gasteiger partial charge in [0.15, 0.2) is 11.7 Å². The van der Waals surface area contributed by atoms with Gasteiger partial charge >= 0.3 is 0 Å². The van der Waals surface area contributed by atoms with E-state index < -0.39 is 0 Å². The van der Waals surface area contributed by atoms with Gasteiger partial charge in [-0.2, -0.15) is 0 Å². The van der Waals surface area contributed by atoms with E-state index in [2.05, 4.69) is 182 Å². The van der Waals surface area contributed by atoms with Gasteiger partial charge in [-0.25, -0.2) is 4.99 Å². The molecule has 0 saturated carbocycles. The third kappa shape index (κ3) is 6.84. The van der Waals surface area contributed by atoms with Gasteiger partial charge < -0.3 is 0 Å². The van der Waals surface area contributed by atoms with Crippen LogP contribution in [0, 0.1) is 5.41 Å². The third-order valence-corrected chi connectivity index (χ3v) is 12.6. The summed E-state index contributed by atoms with van der Waals surface area (Å²) in [6.45, 7) is 4.68. The molecule has 2 aliphatic rings. The summed E-state index contributed by atoms with van der Waals surface area (Å²) < 4.78 is 2.37. The van der Waals surface area contributed by atoms with Gasteiger partial charge in [0.05, 0.1) is 11.2 Å². The molecule has 4 nitrogen and oxygen atoms in total. The van der Waals surface area contributed by atoms with Gasteiger partial charge in [0, 0.05) is 35.0 Å². The van der Waals surface area contributed by atoms with E-state index >= 15 is 0 Å². The van der Waals surface area contributed by atoms with E-state index in [0.717, 1.165) is 35.2 Å². The minimum Gasteiger partial charge on any atom is -0.282 e. The number of aromatic nitrogens is 1. The first-order valence-electron chi connectivity index (χ1n) is 21.6. The van der Waals surface area contributed by atoms with Crippen molar-refractivity contribution in [3.8, 4) is 22.3 Å². The molecule has 1 heterocycles. The lowest BCUT2D eigenvalue weighted by Crippen LogP contribution is -2.39. The fourth-order valence-electron chi connectivity index (χ4n) is 9.62. The number of hydrogen-bond donors (Lipinski definition) is 1. The largest absolute Gasteiger partial charge is 0.282 e. The molecule has 10 rings (SSSR count). The maximum Gasteiger partial charge on any atom is 0.157 e. The molecule has 7 aromatic carbocycles. The van der Waals surface area contributed by atoms with Gasteiger partial charge in [0.2, 0.25) is 0 Å². The third-order valence-electron chi connectivity index (χ3n) is 12.6. The number of nitrogens with zero attached hydrogens (tertiary/aromatic N) is 3. The smallest absolute Gasteiger partial charge is 0.157 e. The zero-order chi connectivity index (χ0) is 42.2. The van der Waals surface area contributed by atoms with E-state index in [-0.39, 0.29) is 11.8 Å². The average Bonchev–Trinajstić information content (AvgIpc) is 3.68. The van der Waals surface area contributed by atoms with Crippen LogP contribution in [0.3, 0.4) is 0 Å². The van der Waals surface area contributed by atoms with E-state index in [4.69, 9.17) is 4.99 Å². The van der Waals surface area contributed by atoms with Gasteiger partial charge in [0.25, 0.3) is 0 Å². The summed E-state index contributed by atoms with van der Waals surface area (Å²) in [7, 11) is 2.10. The Morgan fingerprint density at radius 2 is 1.26 bits per heavy atom. The Bertz CT molecular complexity index is 3110. The van der Waals surface area contributed by atoms with Crippen LogP contribution in [0.5, 0.6) is 0 Å².